The zero-order chi connectivity index (χ0) is 14.7. The van der Waals surface area contributed by atoms with Crippen molar-refractivity contribution in [3.8, 4) is 11.1 Å². The molecule has 0 saturated carbocycles. The Kier molecular flexibility index (Phi) is 3.93. The molecule has 21 heavy (non-hydrogen) atoms. The highest BCUT2D eigenvalue weighted by atomic mass is 79.9. The van der Waals surface area contributed by atoms with Gasteiger partial charge in [-0.05, 0) is 29.8 Å². The van der Waals surface area contributed by atoms with Crippen molar-refractivity contribution in [1.82, 2.24) is 0 Å². The van der Waals surface area contributed by atoms with Crippen LogP contribution in [0.25, 0.3) is 11.1 Å². The van der Waals surface area contributed by atoms with E-state index in [1.54, 1.807) is 0 Å². The molecule has 3 rings (SSSR count). The number of halogens is 1. The maximum atomic E-state index is 6.04. The normalized spacial score (nSPS) is 10.3. The molecular formula is C18H15BrN2. The van der Waals surface area contributed by atoms with Crippen LogP contribution in [-0.4, -0.2) is 0 Å². The first kappa shape index (κ1) is 13.7. The number of nitrogen functional groups attached to an aromatic ring is 1. The van der Waals surface area contributed by atoms with Gasteiger partial charge >= 0.3 is 0 Å². The molecular weight excluding hydrogens is 324 g/mol. The lowest BCUT2D eigenvalue weighted by molar-refractivity contribution is 1.52. The van der Waals surface area contributed by atoms with Gasteiger partial charge in [-0.15, -0.1) is 0 Å². The third-order valence-corrected chi connectivity index (χ3v) is 3.79. The molecule has 3 heteroatoms. The van der Waals surface area contributed by atoms with E-state index in [4.69, 9.17) is 5.73 Å². The molecule has 104 valence electrons. The molecule has 3 aromatic carbocycles. The topological polar surface area (TPSA) is 38.0 Å². The SMILES string of the molecule is Nc1ccc(Br)cc1Nc1ccccc1-c1ccccc1. The highest BCUT2D eigenvalue weighted by molar-refractivity contribution is 9.10. The Labute approximate surface area is 132 Å². The summed E-state index contributed by atoms with van der Waals surface area (Å²) < 4.78 is 0.997. The molecule has 0 amide bonds. The maximum Gasteiger partial charge on any atom is 0.0629 e. The van der Waals surface area contributed by atoms with Gasteiger partial charge in [0.25, 0.3) is 0 Å². The van der Waals surface area contributed by atoms with Gasteiger partial charge in [0.15, 0.2) is 0 Å². The summed E-state index contributed by atoms with van der Waals surface area (Å²) in [6, 6.07) is 24.3. The van der Waals surface area contributed by atoms with Gasteiger partial charge in [0.1, 0.15) is 0 Å². The lowest BCUT2D eigenvalue weighted by Gasteiger charge is -2.14. The van der Waals surface area contributed by atoms with Gasteiger partial charge in [-0.2, -0.15) is 0 Å². The first-order valence-electron chi connectivity index (χ1n) is 6.70. The van der Waals surface area contributed by atoms with E-state index in [2.05, 4.69) is 45.5 Å². The number of nitrogens with two attached hydrogens (primary N) is 1. The Morgan fingerprint density at radius 3 is 2.29 bits per heavy atom. The largest absolute Gasteiger partial charge is 0.397 e. The predicted molar refractivity (Wildman–Crippen MR) is 93.7 cm³/mol. The molecule has 0 saturated heterocycles. The first-order valence-corrected chi connectivity index (χ1v) is 7.50. The van der Waals surface area contributed by atoms with E-state index in [0.29, 0.717) is 0 Å². The fraction of sp³-hybridized carbons (Fsp3) is 0. The Hall–Kier alpha value is -2.26. The van der Waals surface area contributed by atoms with Crippen LogP contribution in [0.4, 0.5) is 17.1 Å². The highest BCUT2D eigenvalue weighted by Crippen LogP contribution is 2.32. The first-order chi connectivity index (χ1) is 10.2. The lowest BCUT2D eigenvalue weighted by Crippen LogP contribution is -1.97. The summed E-state index contributed by atoms with van der Waals surface area (Å²) >= 11 is 3.48. The Balaban J connectivity index is 2.02. The summed E-state index contributed by atoms with van der Waals surface area (Å²) in [5.41, 5.74) is 11.0. The Morgan fingerprint density at radius 1 is 0.762 bits per heavy atom. The number of hydrogen-bond acceptors (Lipinski definition) is 2. The van der Waals surface area contributed by atoms with Crippen LogP contribution in [-0.2, 0) is 0 Å². The Bertz CT molecular complexity index is 754. The van der Waals surface area contributed by atoms with Crippen molar-refractivity contribution in [1.29, 1.82) is 0 Å². The van der Waals surface area contributed by atoms with Crippen LogP contribution in [0.15, 0.2) is 77.3 Å². The van der Waals surface area contributed by atoms with E-state index in [-0.39, 0.29) is 0 Å². The molecule has 0 aliphatic heterocycles. The summed E-state index contributed by atoms with van der Waals surface area (Å²) in [5.74, 6) is 0. The van der Waals surface area contributed by atoms with Crippen molar-refractivity contribution in [3.05, 3.63) is 77.3 Å². The number of hydrogen-bond donors (Lipinski definition) is 2. The van der Waals surface area contributed by atoms with Gasteiger partial charge in [0, 0.05) is 15.7 Å². The predicted octanol–water partition coefficient (Wildman–Crippen LogP) is 5.44. The summed E-state index contributed by atoms with van der Waals surface area (Å²) in [6.07, 6.45) is 0. The van der Waals surface area contributed by atoms with E-state index in [0.717, 1.165) is 27.1 Å². The smallest absolute Gasteiger partial charge is 0.0629 e. The van der Waals surface area contributed by atoms with Crippen LogP contribution in [0.1, 0.15) is 0 Å². The zero-order valence-electron chi connectivity index (χ0n) is 11.4. The molecule has 0 heterocycles. The standard InChI is InChI=1S/C18H15BrN2/c19-14-10-11-16(20)18(12-14)21-17-9-5-4-8-15(17)13-6-2-1-3-7-13/h1-12,21H,20H2. The van der Waals surface area contributed by atoms with Crippen LogP contribution in [0, 0.1) is 0 Å². The van der Waals surface area contributed by atoms with E-state index in [9.17, 15) is 0 Å². The van der Waals surface area contributed by atoms with Gasteiger partial charge < -0.3 is 11.1 Å². The lowest BCUT2D eigenvalue weighted by atomic mass is 10.0. The number of benzene rings is 3. The van der Waals surface area contributed by atoms with E-state index < -0.39 is 0 Å². The molecule has 0 radical (unpaired) electrons. The molecule has 0 aliphatic rings. The van der Waals surface area contributed by atoms with Crippen molar-refractivity contribution in [3.63, 3.8) is 0 Å². The third-order valence-electron chi connectivity index (χ3n) is 3.30. The molecule has 3 N–H and O–H groups in total. The van der Waals surface area contributed by atoms with Crippen LogP contribution in [0.3, 0.4) is 0 Å². The monoisotopic (exact) mass is 338 g/mol. The van der Waals surface area contributed by atoms with Crippen molar-refractivity contribution >= 4 is 33.0 Å². The van der Waals surface area contributed by atoms with Crippen LogP contribution < -0.4 is 11.1 Å². The minimum absolute atomic E-state index is 0.723. The van der Waals surface area contributed by atoms with Crippen molar-refractivity contribution < 1.29 is 0 Å². The highest BCUT2D eigenvalue weighted by Gasteiger charge is 2.06. The minimum atomic E-state index is 0.723. The zero-order valence-corrected chi connectivity index (χ0v) is 13.0. The molecule has 0 aromatic heterocycles. The summed E-state index contributed by atoms with van der Waals surface area (Å²) in [4.78, 5) is 0. The average molecular weight is 339 g/mol. The summed E-state index contributed by atoms with van der Waals surface area (Å²) in [6.45, 7) is 0. The average Bonchev–Trinajstić information content (AvgIpc) is 2.52. The van der Waals surface area contributed by atoms with Gasteiger partial charge in [-0.1, -0.05) is 64.5 Å². The molecule has 0 bridgehead atoms. The van der Waals surface area contributed by atoms with Crippen LogP contribution in [0.5, 0.6) is 0 Å². The molecule has 0 fully saturated rings. The van der Waals surface area contributed by atoms with Gasteiger partial charge in [-0.3, -0.25) is 0 Å². The van der Waals surface area contributed by atoms with Gasteiger partial charge in [-0.25, -0.2) is 0 Å². The van der Waals surface area contributed by atoms with E-state index in [1.165, 1.54) is 5.56 Å². The van der Waals surface area contributed by atoms with Gasteiger partial charge in [0.2, 0.25) is 0 Å². The number of rotatable bonds is 3. The minimum Gasteiger partial charge on any atom is -0.397 e. The van der Waals surface area contributed by atoms with Gasteiger partial charge in [0.05, 0.1) is 11.4 Å². The van der Waals surface area contributed by atoms with Crippen molar-refractivity contribution in [2.45, 2.75) is 0 Å². The fourth-order valence-corrected chi connectivity index (χ4v) is 2.60. The quantitative estimate of drug-likeness (QED) is 0.624. The second-order valence-corrected chi connectivity index (χ2v) is 5.68. The number of anilines is 3. The maximum absolute atomic E-state index is 6.04. The Morgan fingerprint density at radius 2 is 1.48 bits per heavy atom. The van der Waals surface area contributed by atoms with E-state index >= 15 is 0 Å². The molecule has 0 unspecified atom stereocenters. The van der Waals surface area contributed by atoms with E-state index in [1.807, 2.05) is 48.5 Å². The molecule has 0 spiro atoms. The third kappa shape index (κ3) is 3.09. The molecule has 3 aromatic rings. The number of nitrogens with one attached hydrogen (secondary N) is 1. The fourth-order valence-electron chi connectivity index (χ4n) is 2.24. The second-order valence-electron chi connectivity index (χ2n) is 4.77. The van der Waals surface area contributed by atoms with Crippen LogP contribution >= 0.6 is 15.9 Å². The summed E-state index contributed by atoms with van der Waals surface area (Å²) in [7, 11) is 0. The summed E-state index contributed by atoms with van der Waals surface area (Å²) in [5, 5.41) is 3.43. The molecule has 2 nitrogen and oxygen atoms in total. The van der Waals surface area contributed by atoms with Crippen molar-refractivity contribution in [2.24, 2.45) is 0 Å². The van der Waals surface area contributed by atoms with Crippen molar-refractivity contribution in [2.75, 3.05) is 11.1 Å². The number of para-hydroxylation sites is 1. The van der Waals surface area contributed by atoms with Crippen LogP contribution in [0.2, 0.25) is 0 Å². The second kappa shape index (κ2) is 6.02. The molecule has 0 atom stereocenters. The molecule has 0 aliphatic carbocycles.